The van der Waals surface area contributed by atoms with Crippen LogP contribution in [0.1, 0.15) is 48.4 Å². The number of rotatable bonds is 4. The lowest BCUT2D eigenvalue weighted by molar-refractivity contribution is 0.0824. The second-order valence-electron chi connectivity index (χ2n) is 6.89. The summed E-state index contributed by atoms with van der Waals surface area (Å²) in [7, 11) is 0. The molecular formula is C21H20ClN3O2. The van der Waals surface area contributed by atoms with Crippen molar-refractivity contribution in [3.8, 4) is 11.4 Å². The summed E-state index contributed by atoms with van der Waals surface area (Å²) >= 11 is 5.93. The molecule has 1 N–H and O–H groups in total. The highest BCUT2D eigenvalue weighted by Gasteiger charge is 2.41. The molecule has 138 valence electrons. The summed E-state index contributed by atoms with van der Waals surface area (Å²) in [4.78, 5) is 17.5. The molecule has 1 amide bonds. The number of hydrogen-bond acceptors (Lipinski definition) is 4. The molecule has 1 aromatic heterocycles. The topological polar surface area (TPSA) is 68.0 Å². The lowest BCUT2D eigenvalue weighted by Crippen LogP contribution is -2.47. The number of amides is 1. The molecule has 0 aliphatic heterocycles. The average molecular weight is 382 g/mol. The Morgan fingerprint density at radius 3 is 2.41 bits per heavy atom. The maximum Gasteiger partial charge on any atom is 0.252 e. The fraction of sp³-hybridized carbons (Fsp3) is 0.286. The molecule has 0 atom stereocenters. The van der Waals surface area contributed by atoms with Gasteiger partial charge in [0.25, 0.3) is 11.8 Å². The van der Waals surface area contributed by atoms with Crippen molar-refractivity contribution in [2.24, 2.45) is 0 Å². The van der Waals surface area contributed by atoms with Gasteiger partial charge in [0.2, 0.25) is 5.82 Å². The highest BCUT2D eigenvalue weighted by atomic mass is 35.5. The lowest BCUT2D eigenvalue weighted by atomic mass is 9.81. The quantitative estimate of drug-likeness (QED) is 0.692. The van der Waals surface area contributed by atoms with Crippen molar-refractivity contribution in [2.45, 2.75) is 37.6 Å². The van der Waals surface area contributed by atoms with Crippen molar-refractivity contribution in [3.05, 3.63) is 71.1 Å². The summed E-state index contributed by atoms with van der Waals surface area (Å²) in [5, 5.41) is 7.91. The Labute approximate surface area is 162 Å². The van der Waals surface area contributed by atoms with Gasteiger partial charge in [-0.2, -0.15) is 4.98 Å². The van der Waals surface area contributed by atoms with E-state index in [1.54, 1.807) is 24.3 Å². The van der Waals surface area contributed by atoms with Crippen molar-refractivity contribution in [1.82, 2.24) is 15.5 Å². The van der Waals surface area contributed by atoms with E-state index in [2.05, 4.69) is 15.5 Å². The first-order chi connectivity index (χ1) is 13.2. The van der Waals surface area contributed by atoms with Crippen LogP contribution in [-0.2, 0) is 5.54 Å². The van der Waals surface area contributed by atoms with Gasteiger partial charge in [0, 0.05) is 16.1 Å². The Kier molecular flexibility index (Phi) is 4.94. The van der Waals surface area contributed by atoms with Crippen LogP contribution in [0.2, 0.25) is 5.02 Å². The van der Waals surface area contributed by atoms with Crippen molar-refractivity contribution in [2.75, 3.05) is 0 Å². The molecular weight excluding hydrogens is 362 g/mol. The molecule has 3 aromatic rings. The minimum absolute atomic E-state index is 0.159. The van der Waals surface area contributed by atoms with Crippen molar-refractivity contribution < 1.29 is 9.32 Å². The van der Waals surface area contributed by atoms with Gasteiger partial charge in [-0.1, -0.05) is 66.4 Å². The zero-order chi connectivity index (χ0) is 18.7. The van der Waals surface area contributed by atoms with E-state index in [9.17, 15) is 4.79 Å². The van der Waals surface area contributed by atoms with Crippen LogP contribution in [0.4, 0.5) is 0 Å². The third-order valence-electron chi connectivity index (χ3n) is 5.03. The van der Waals surface area contributed by atoms with E-state index < -0.39 is 5.54 Å². The molecule has 4 rings (SSSR count). The number of nitrogens with one attached hydrogen (secondary N) is 1. The molecule has 0 unspecified atom stereocenters. The smallest absolute Gasteiger partial charge is 0.252 e. The van der Waals surface area contributed by atoms with Gasteiger partial charge in [-0.25, -0.2) is 0 Å². The first kappa shape index (κ1) is 17.7. The van der Waals surface area contributed by atoms with E-state index >= 15 is 0 Å². The maximum atomic E-state index is 12.8. The van der Waals surface area contributed by atoms with Gasteiger partial charge < -0.3 is 9.84 Å². The number of carbonyl (C=O) groups excluding carboxylic acids is 1. The highest BCUT2D eigenvalue weighted by Crippen LogP contribution is 2.37. The number of hydrogen-bond donors (Lipinski definition) is 1. The van der Waals surface area contributed by atoms with Crippen LogP contribution in [0.25, 0.3) is 11.4 Å². The Hall–Kier alpha value is -2.66. The molecule has 1 heterocycles. The first-order valence-electron chi connectivity index (χ1n) is 9.14. The van der Waals surface area contributed by atoms with Crippen LogP contribution >= 0.6 is 11.6 Å². The van der Waals surface area contributed by atoms with Crippen LogP contribution in [-0.4, -0.2) is 16.0 Å². The molecule has 6 heteroatoms. The molecule has 1 fully saturated rings. The maximum absolute atomic E-state index is 12.8. The summed E-state index contributed by atoms with van der Waals surface area (Å²) in [6.45, 7) is 0. The standard InChI is InChI=1S/C21H20ClN3O2/c22-17-11-9-16(10-12-17)19(26)24-21(13-5-2-6-14-21)20-23-18(25-27-20)15-7-3-1-4-8-15/h1,3-4,7-12H,2,5-6,13-14H2,(H,24,26). The summed E-state index contributed by atoms with van der Waals surface area (Å²) in [6, 6.07) is 16.6. The summed E-state index contributed by atoms with van der Waals surface area (Å²) in [6.07, 6.45) is 4.71. The van der Waals surface area contributed by atoms with Crippen molar-refractivity contribution in [3.63, 3.8) is 0 Å². The van der Waals surface area contributed by atoms with Crippen LogP contribution in [0.3, 0.4) is 0 Å². The predicted molar refractivity (Wildman–Crippen MR) is 103 cm³/mol. The summed E-state index contributed by atoms with van der Waals surface area (Å²) < 4.78 is 5.62. The Morgan fingerprint density at radius 2 is 1.70 bits per heavy atom. The summed E-state index contributed by atoms with van der Waals surface area (Å²) in [5.41, 5.74) is 0.823. The minimum Gasteiger partial charge on any atom is -0.338 e. The van der Waals surface area contributed by atoms with Crippen molar-refractivity contribution >= 4 is 17.5 Å². The second kappa shape index (κ2) is 7.53. The molecule has 0 saturated heterocycles. The first-order valence-corrected chi connectivity index (χ1v) is 9.52. The Balaban J connectivity index is 1.63. The molecule has 0 radical (unpaired) electrons. The summed E-state index contributed by atoms with van der Waals surface area (Å²) in [5.74, 6) is 0.854. The molecule has 2 aromatic carbocycles. The van der Waals surface area contributed by atoms with Crippen LogP contribution in [0, 0.1) is 0 Å². The number of halogens is 1. The Bertz CT molecular complexity index is 916. The van der Waals surface area contributed by atoms with Crippen LogP contribution in [0.15, 0.2) is 59.1 Å². The van der Waals surface area contributed by atoms with E-state index in [0.29, 0.717) is 22.3 Å². The number of carbonyl (C=O) groups is 1. The van der Waals surface area contributed by atoms with Crippen LogP contribution in [0.5, 0.6) is 0 Å². The molecule has 0 spiro atoms. The number of aromatic nitrogens is 2. The zero-order valence-corrected chi connectivity index (χ0v) is 15.6. The zero-order valence-electron chi connectivity index (χ0n) is 14.8. The van der Waals surface area contributed by atoms with E-state index in [4.69, 9.17) is 16.1 Å². The van der Waals surface area contributed by atoms with Gasteiger partial charge in [-0.15, -0.1) is 0 Å². The Morgan fingerprint density at radius 1 is 1.00 bits per heavy atom. The van der Waals surface area contributed by atoms with E-state index in [-0.39, 0.29) is 5.91 Å². The molecule has 1 aliphatic carbocycles. The molecule has 1 aliphatic rings. The minimum atomic E-state index is -0.630. The van der Waals surface area contributed by atoms with E-state index in [0.717, 1.165) is 37.7 Å². The second-order valence-corrected chi connectivity index (χ2v) is 7.33. The van der Waals surface area contributed by atoms with Gasteiger partial charge >= 0.3 is 0 Å². The predicted octanol–water partition coefficient (Wildman–Crippen LogP) is 4.98. The van der Waals surface area contributed by atoms with Gasteiger partial charge in [-0.05, 0) is 37.1 Å². The van der Waals surface area contributed by atoms with Gasteiger partial charge in [0.1, 0.15) is 5.54 Å². The fourth-order valence-corrected chi connectivity index (χ4v) is 3.69. The van der Waals surface area contributed by atoms with E-state index in [1.165, 1.54) is 0 Å². The number of nitrogens with zero attached hydrogens (tertiary/aromatic N) is 2. The lowest BCUT2D eigenvalue weighted by Gasteiger charge is -2.34. The average Bonchev–Trinajstić information content (AvgIpc) is 3.21. The molecule has 0 bridgehead atoms. The normalized spacial score (nSPS) is 16.0. The number of benzene rings is 2. The third kappa shape index (κ3) is 3.74. The third-order valence-corrected chi connectivity index (χ3v) is 5.29. The van der Waals surface area contributed by atoms with E-state index in [1.807, 2.05) is 30.3 Å². The molecule has 27 heavy (non-hydrogen) atoms. The van der Waals surface area contributed by atoms with Gasteiger partial charge in [-0.3, -0.25) is 4.79 Å². The molecule has 5 nitrogen and oxygen atoms in total. The van der Waals surface area contributed by atoms with Gasteiger partial charge in [0.05, 0.1) is 0 Å². The van der Waals surface area contributed by atoms with Gasteiger partial charge in [0.15, 0.2) is 0 Å². The largest absolute Gasteiger partial charge is 0.338 e. The monoisotopic (exact) mass is 381 g/mol. The fourth-order valence-electron chi connectivity index (χ4n) is 3.56. The SMILES string of the molecule is O=C(NC1(c2nc(-c3ccccc3)no2)CCCCC1)c1ccc(Cl)cc1. The van der Waals surface area contributed by atoms with Crippen molar-refractivity contribution in [1.29, 1.82) is 0 Å². The molecule has 1 saturated carbocycles. The highest BCUT2D eigenvalue weighted by molar-refractivity contribution is 6.30. The van der Waals surface area contributed by atoms with Crippen LogP contribution < -0.4 is 5.32 Å².